The first-order valence-corrected chi connectivity index (χ1v) is 6.05. The molecule has 0 N–H and O–H groups in total. The van der Waals surface area contributed by atoms with Gasteiger partial charge in [-0.3, -0.25) is 0 Å². The molecule has 0 unspecified atom stereocenters. The van der Waals surface area contributed by atoms with Crippen molar-refractivity contribution in [2.45, 2.75) is 6.92 Å². The number of aromatic nitrogens is 4. The molecule has 0 aliphatic carbocycles. The zero-order chi connectivity index (χ0) is 13.4. The summed E-state index contributed by atoms with van der Waals surface area (Å²) in [6, 6.07) is 3.03. The van der Waals surface area contributed by atoms with Crippen LogP contribution in [0.3, 0.4) is 0 Å². The molecule has 3 rings (SSSR count). The molecule has 0 spiro atoms. The summed E-state index contributed by atoms with van der Waals surface area (Å²) >= 11 is 1.20. The van der Waals surface area contributed by atoms with Crippen molar-refractivity contribution in [3.63, 3.8) is 0 Å². The number of hydrogen-bond acceptors (Lipinski definition) is 7. The lowest BCUT2D eigenvalue weighted by Gasteiger charge is -2.00. The first-order valence-electron chi connectivity index (χ1n) is 5.23. The van der Waals surface area contributed by atoms with Crippen molar-refractivity contribution in [1.82, 2.24) is 19.6 Å². The van der Waals surface area contributed by atoms with Crippen LogP contribution in [0.2, 0.25) is 0 Å². The van der Waals surface area contributed by atoms with Gasteiger partial charge in [0, 0.05) is 0 Å². The van der Waals surface area contributed by atoms with E-state index in [0.29, 0.717) is 4.96 Å². The molecule has 0 atom stereocenters. The van der Waals surface area contributed by atoms with Crippen LogP contribution in [0.4, 0.5) is 5.82 Å². The van der Waals surface area contributed by atoms with Crippen LogP contribution in [-0.4, -0.2) is 24.5 Å². The maximum atomic E-state index is 10.8. The monoisotopic (exact) mass is 277 g/mol. The van der Waals surface area contributed by atoms with Gasteiger partial charge in [-0.1, -0.05) is 0 Å². The van der Waals surface area contributed by atoms with Crippen LogP contribution in [0, 0.1) is 17.0 Å². The zero-order valence-electron chi connectivity index (χ0n) is 9.68. The molecule has 9 heteroatoms. The van der Waals surface area contributed by atoms with Gasteiger partial charge in [0.15, 0.2) is 0 Å². The lowest BCUT2D eigenvalue weighted by Crippen LogP contribution is -1.95. The SMILES string of the molecule is Cc1cn2nc(Oc3cccnc3[N+](=O)[O-])sc2n1. The Morgan fingerprint density at radius 2 is 2.37 bits per heavy atom. The molecule has 3 heterocycles. The molecule has 0 aliphatic heterocycles. The highest BCUT2D eigenvalue weighted by Crippen LogP contribution is 2.31. The van der Waals surface area contributed by atoms with Crippen molar-refractivity contribution in [2.24, 2.45) is 0 Å². The number of ether oxygens (including phenoxy) is 1. The summed E-state index contributed by atoms with van der Waals surface area (Å²) in [5.74, 6) is -0.284. The largest absolute Gasteiger partial charge is 0.421 e. The van der Waals surface area contributed by atoms with Gasteiger partial charge in [0.1, 0.15) is 6.20 Å². The van der Waals surface area contributed by atoms with Crippen molar-refractivity contribution in [2.75, 3.05) is 0 Å². The summed E-state index contributed by atoms with van der Waals surface area (Å²) < 4.78 is 6.96. The van der Waals surface area contributed by atoms with Crippen molar-refractivity contribution < 1.29 is 9.66 Å². The van der Waals surface area contributed by atoms with E-state index in [0.717, 1.165) is 5.69 Å². The van der Waals surface area contributed by atoms with E-state index in [2.05, 4.69) is 15.1 Å². The van der Waals surface area contributed by atoms with Crippen LogP contribution in [0.1, 0.15) is 5.69 Å². The fraction of sp³-hybridized carbons (Fsp3) is 0.100. The molecule has 0 radical (unpaired) electrons. The van der Waals surface area contributed by atoms with Gasteiger partial charge >= 0.3 is 5.82 Å². The predicted octanol–water partition coefficient (Wildman–Crippen LogP) is 2.19. The average molecular weight is 277 g/mol. The number of hydrogen-bond donors (Lipinski definition) is 0. The molecular formula is C10H7N5O3S. The molecule has 0 bridgehead atoms. The maximum Gasteiger partial charge on any atom is 0.406 e. The standard InChI is InChI=1S/C10H7N5O3S/c1-6-5-14-9(12-6)19-10(13-14)18-7-3-2-4-11-8(7)15(16)17/h2-5H,1H3. The Labute approximate surface area is 110 Å². The Hall–Kier alpha value is -2.55. The molecule has 96 valence electrons. The summed E-state index contributed by atoms with van der Waals surface area (Å²) in [6.45, 7) is 1.86. The summed E-state index contributed by atoms with van der Waals surface area (Å²) in [4.78, 5) is 18.8. The second-order valence-electron chi connectivity index (χ2n) is 3.66. The summed E-state index contributed by atoms with van der Waals surface area (Å²) in [7, 11) is 0. The molecule has 0 fully saturated rings. The number of aryl methyl sites for hydroxylation is 1. The summed E-state index contributed by atoms with van der Waals surface area (Å²) in [5, 5.41) is 15.2. The van der Waals surface area contributed by atoms with Crippen molar-refractivity contribution >= 4 is 22.1 Å². The van der Waals surface area contributed by atoms with E-state index in [1.165, 1.54) is 23.6 Å². The van der Waals surface area contributed by atoms with Crippen molar-refractivity contribution in [3.8, 4) is 10.9 Å². The van der Waals surface area contributed by atoms with E-state index in [1.54, 1.807) is 16.8 Å². The van der Waals surface area contributed by atoms with Gasteiger partial charge < -0.3 is 14.9 Å². The van der Waals surface area contributed by atoms with Gasteiger partial charge in [0.05, 0.1) is 11.9 Å². The Morgan fingerprint density at radius 1 is 1.53 bits per heavy atom. The van der Waals surface area contributed by atoms with E-state index in [-0.39, 0.29) is 16.8 Å². The van der Waals surface area contributed by atoms with Gasteiger partial charge in [-0.2, -0.15) is 0 Å². The molecule has 19 heavy (non-hydrogen) atoms. The fourth-order valence-electron chi connectivity index (χ4n) is 1.53. The maximum absolute atomic E-state index is 10.8. The number of fused-ring (bicyclic) bond motifs is 1. The minimum atomic E-state index is -0.599. The Morgan fingerprint density at radius 3 is 3.11 bits per heavy atom. The lowest BCUT2D eigenvalue weighted by molar-refractivity contribution is -0.390. The van der Waals surface area contributed by atoms with Gasteiger partial charge in [0.25, 0.3) is 5.19 Å². The van der Waals surface area contributed by atoms with E-state index < -0.39 is 4.92 Å². The minimum absolute atomic E-state index is 0.0567. The molecule has 0 saturated heterocycles. The number of nitro groups is 1. The molecule has 8 nitrogen and oxygen atoms in total. The molecule has 0 aliphatic rings. The minimum Gasteiger partial charge on any atom is -0.421 e. The van der Waals surface area contributed by atoms with Crippen molar-refractivity contribution in [3.05, 3.63) is 40.3 Å². The van der Waals surface area contributed by atoms with Gasteiger partial charge in [-0.05, 0) is 40.3 Å². The highest BCUT2D eigenvalue weighted by Gasteiger charge is 2.18. The van der Waals surface area contributed by atoms with Crippen LogP contribution >= 0.6 is 11.3 Å². The van der Waals surface area contributed by atoms with Gasteiger partial charge in [0.2, 0.25) is 10.7 Å². The third kappa shape index (κ3) is 2.10. The fourth-order valence-corrected chi connectivity index (χ4v) is 2.32. The van der Waals surface area contributed by atoms with Gasteiger partial charge in [-0.25, -0.2) is 9.50 Å². The van der Waals surface area contributed by atoms with E-state index >= 15 is 0 Å². The lowest BCUT2D eigenvalue weighted by atomic mass is 10.4. The van der Waals surface area contributed by atoms with Crippen LogP contribution in [-0.2, 0) is 0 Å². The number of nitrogens with zero attached hydrogens (tertiary/aromatic N) is 5. The number of pyridine rings is 1. The molecule has 3 aromatic rings. The van der Waals surface area contributed by atoms with Crippen LogP contribution in [0.25, 0.3) is 4.96 Å². The Bertz CT molecular complexity index is 734. The summed E-state index contributed by atoms with van der Waals surface area (Å²) in [6.07, 6.45) is 3.08. The average Bonchev–Trinajstić information content (AvgIpc) is 2.86. The number of rotatable bonds is 3. The highest BCUT2D eigenvalue weighted by atomic mass is 32.1. The zero-order valence-corrected chi connectivity index (χ0v) is 10.5. The topological polar surface area (TPSA) is 95.5 Å². The van der Waals surface area contributed by atoms with Crippen LogP contribution < -0.4 is 4.74 Å². The first kappa shape index (κ1) is 11.5. The van der Waals surface area contributed by atoms with Crippen LogP contribution in [0.15, 0.2) is 24.5 Å². The quantitative estimate of drug-likeness (QED) is 0.538. The smallest absolute Gasteiger partial charge is 0.406 e. The predicted molar refractivity (Wildman–Crippen MR) is 66.6 cm³/mol. The van der Waals surface area contributed by atoms with Gasteiger partial charge in [-0.15, -0.1) is 5.10 Å². The molecular weight excluding hydrogens is 270 g/mol. The summed E-state index contributed by atoms with van der Waals surface area (Å²) in [5.41, 5.74) is 0.845. The van der Waals surface area contributed by atoms with Crippen LogP contribution in [0.5, 0.6) is 10.9 Å². The third-order valence-corrected chi connectivity index (χ3v) is 3.07. The third-order valence-electron chi connectivity index (χ3n) is 2.27. The molecule has 3 aromatic heterocycles. The Kier molecular flexibility index (Phi) is 2.60. The highest BCUT2D eigenvalue weighted by molar-refractivity contribution is 7.18. The Balaban J connectivity index is 1.96. The molecule has 0 saturated carbocycles. The molecule has 0 aromatic carbocycles. The van der Waals surface area contributed by atoms with E-state index in [1.807, 2.05) is 6.92 Å². The first-order chi connectivity index (χ1) is 9.13. The molecule has 0 amide bonds. The normalized spacial score (nSPS) is 10.8. The van der Waals surface area contributed by atoms with E-state index in [4.69, 9.17) is 4.74 Å². The number of imidazole rings is 1. The second kappa shape index (κ2) is 4.28. The van der Waals surface area contributed by atoms with E-state index in [9.17, 15) is 10.1 Å². The second-order valence-corrected chi connectivity index (χ2v) is 4.58. The van der Waals surface area contributed by atoms with Crippen molar-refractivity contribution in [1.29, 1.82) is 0 Å².